The van der Waals surface area contributed by atoms with Crippen LogP contribution in [0.2, 0.25) is 0 Å². The molecular weight excluding hydrogens is 289 g/mol. The summed E-state index contributed by atoms with van der Waals surface area (Å²) in [7, 11) is -1.66. The minimum absolute atomic E-state index is 0.0196. The molecule has 9 heteroatoms. The molecule has 4 nitrogen and oxygen atoms in total. The number of nitrogens with zero attached hydrogens (tertiary/aromatic N) is 1. The molecule has 1 fully saturated rings. The first kappa shape index (κ1) is 15.6. The SMILES string of the molecule is CN(CC(C(N)=S)C(F)(F)F)C1CCS(=O)(=O)C1. The molecule has 0 aliphatic carbocycles. The van der Waals surface area contributed by atoms with Gasteiger partial charge in [0.15, 0.2) is 9.84 Å². The fraction of sp³-hybridized carbons (Fsp3) is 0.889. The normalized spacial score (nSPS) is 25.3. The van der Waals surface area contributed by atoms with Crippen molar-refractivity contribution in [1.82, 2.24) is 4.90 Å². The van der Waals surface area contributed by atoms with Crippen LogP contribution >= 0.6 is 12.2 Å². The molecule has 0 amide bonds. The highest BCUT2D eigenvalue weighted by molar-refractivity contribution is 7.91. The van der Waals surface area contributed by atoms with Crippen molar-refractivity contribution in [1.29, 1.82) is 0 Å². The molecule has 2 N–H and O–H groups in total. The summed E-state index contributed by atoms with van der Waals surface area (Å²) in [5.74, 6) is -1.99. The maximum Gasteiger partial charge on any atom is 0.399 e. The van der Waals surface area contributed by atoms with Crippen LogP contribution in [0.1, 0.15) is 6.42 Å². The third-order valence-corrected chi connectivity index (χ3v) is 5.08. The van der Waals surface area contributed by atoms with E-state index in [1.54, 1.807) is 0 Å². The number of alkyl halides is 3. The average Bonchev–Trinajstić information content (AvgIpc) is 2.52. The highest BCUT2D eigenvalue weighted by atomic mass is 32.2. The Morgan fingerprint density at radius 3 is 2.44 bits per heavy atom. The van der Waals surface area contributed by atoms with Crippen molar-refractivity contribution >= 4 is 27.0 Å². The van der Waals surface area contributed by atoms with Crippen LogP contribution in [-0.4, -0.2) is 55.6 Å². The molecule has 106 valence electrons. The number of halogens is 3. The standard InChI is InChI=1S/C9H15F3N2O2S2/c1-14(6-2-3-18(15,16)5-6)4-7(8(13)17)9(10,11)12/h6-7H,2-5H2,1H3,(H2,13,17). The average molecular weight is 304 g/mol. The minimum atomic E-state index is -4.50. The van der Waals surface area contributed by atoms with Crippen molar-refractivity contribution in [3.8, 4) is 0 Å². The molecule has 0 aromatic rings. The smallest absolute Gasteiger partial charge is 0.393 e. The quantitative estimate of drug-likeness (QED) is 0.769. The molecule has 0 radical (unpaired) electrons. The van der Waals surface area contributed by atoms with Crippen LogP contribution in [0.15, 0.2) is 0 Å². The second-order valence-corrected chi connectivity index (χ2v) is 7.19. The predicted molar refractivity (Wildman–Crippen MR) is 66.0 cm³/mol. The van der Waals surface area contributed by atoms with Crippen LogP contribution in [-0.2, 0) is 9.84 Å². The molecule has 18 heavy (non-hydrogen) atoms. The monoisotopic (exact) mass is 304 g/mol. The fourth-order valence-corrected chi connectivity index (χ4v) is 3.93. The summed E-state index contributed by atoms with van der Waals surface area (Å²) in [6, 6.07) is -0.394. The van der Waals surface area contributed by atoms with Crippen molar-refractivity contribution in [2.75, 3.05) is 25.1 Å². The summed E-state index contributed by atoms with van der Waals surface area (Å²) in [6.45, 7) is -0.404. The zero-order chi connectivity index (χ0) is 14.1. The predicted octanol–water partition coefficient (Wildman–Crippen LogP) is 0.570. The van der Waals surface area contributed by atoms with Gasteiger partial charge in [-0.1, -0.05) is 12.2 Å². The van der Waals surface area contributed by atoms with E-state index in [0.717, 1.165) is 0 Å². The summed E-state index contributed by atoms with van der Waals surface area (Å²) >= 11 is 4.42. The van der Waals surface area contributed by atoms with E-state index in [-0.39, 0.29) is 11.5 Å². The van der Waals surface area contributed by atoms with Gasteiger partial charge in [-0.2, -0.15) is 13.2 Å². The number of rotatable bonds is 4. The molecule has 1 aliphatic heterocycles. The Bertz CT molecular complexity index is 422. The number of thiocarbonyl (C=S) groups is 1. The molecule has 0 aromatic carbocycles. The lowest BCUT2D eigenvalue weighted by molar-refractivity contribution is -0.159. The van der Waals surface area contributed by atoms with Crippen molar-refractivity contribution < 1.29 is 21.6 Å². The first-order valence-corrected chi connectivity index (χ1v) is 7.52. The Hall–Kier alpha value is -0.410. The van der Waals surface area contributed by atoms with E-state index < -0.39 is 39.5 Å². The Balaban J connectivity index is 2.69. The summed E-state index contributed by atoms with van der Waals surface area (Å²) in [6.07, 6.45) is -4.15. The first-order chi connectivity index (χ1) is 8.03. The molecule has 0 aromatic heterocycles. The molecule has 2 atom stereocenters. The summed E-state index contributed by atoms with van der Waals surface area (Å²) in [4.78, 5) is 0.761. The van der Waals surface area contributed by atoms with Gasteiger partial charge in [-0.3, -0.25) is 0 Å². The van der Waals surface area contributed by atoms with Gasteiger partial charge in [-0.05, 0) is 13.5 Å². The maximum absolute atomic E-state index is 12.7. The molecule has 2 unspecified atom stereocenters. The fourth-order valence-electron chi connectivity index (χ4n) is 1.91. The second-order valence-electron chi connectivity index (χ2n) is 4.49. The topological polar surface area (TPSA) is 63.4 Å². The lowest BCUT2D eigenvalue weighted by atomic mass is 10.1. The van der Waals surface area contributed by atoms with Gasteiger partial charge in [-0.15, -0.1) is 0 Å². The largest absolute Gasteiger partial charge is 0.399 e. The van der Waals surface area contributed by atoms with Gasteiger partial charge in [-0.25, -0.2) is 8.42 Å². The van der Waals surface area contributed by atoms with Crippen LogP contribution in [0.5, 0.6) is 0 Å². The third-order valence-electron chi connectivity index (χ3n) is 3.04. The Labute approximate surface area is 109 Å². The van der Waals surface area contributed by atoms with E-state index in [1.807, 2.05) is 0 Å². The highest BCUT2D eigenvalue weighted by Crippen LogP contribution is 2.28. The zero-order valence-electron chi connectivity index (χ0n) is 9.77. The molecular formula is C9H15F3N2O2S2. The lowest BCUT2D eigenvalue weighted by Gasteiger charge is -2.28. The van der Waals surface area contributed by atoms with Gasteiger partial charge < -0.3 is 10.6 Å². The van der Waals surface area contributed by atoms with Crippen molar-refractivity contribution in [2.24, 2.45) is 11.7 Å². The number of sulfone groups is 1. The van der Waals surface area contributed by atoms with Gasteiger partial charge in [0.2, 0.25) is 0 Å². The number of hydrogen-bond donors (Lipinski definition) is 1. The lowest BCUT2D eigenvalue weighted by Crippen LogP contribution is -2.45. The summed E-state index contributed by atoms with van der Waals surface area (Å²) < 4.78 is 60.5. The highest BCUT2D eigenvalue weighted by Gasteiger charge is 2.43. The second kappa shape index (κ2) is 5.30. The Kier molecular flexibility index (Phi) is 4.60. The van der Waals surface area contributed by atoms with Crippen LogP contribution in [0.4, 0.5) is 13.2 Å². The van der Waals surface area contributed by atoms with E-state index in [0.29, 0.717) is 6.42 Å². The van der Waals surface area contributed by atoms with Crippen LogP contribution in [0, 0.1) is 5.92 Å². The van der Waals surface area contributed by atoms with E-state index >= 15 is 0 Å². The third kappa shape index (κ3) is 4.06. The maximum atomic E-state index is 12.7. The summed E-state index contributed by atoms with van der Waals surface area (Å²) in [5, 5.41) is 0. The van der Waals surface area contributed by atoms with Gasteiger partial charge in [0.25, 0.3) is 0 Å². The summed E-state index contributed by atoms with van der Waals surface area (Å²) in [5.41, 5.74) is 5.09. The number of hydrogen-bond acceptors (Lipinski definition) is 4. The van der Waals surface area contributed by atoms with Gasteiger partial charge >= 0.3 is 6.18 Å². The molecule has 0 spiro atoms. The Morgan fingerprint density at radius 2 is 2.11 bits per heavy atom. The number of nitrogens with two attached hydrogens (primary N) is 1. The molecule has 1 heterocycles. The first-order valence-electron chi connectivity index (χ1n) is 5.29. The molecule has 0 bridgehead atoms. The minimum Gasteiger partial charge on any atom is -0.393 e. The van der Waals surface area contributed by atoms with Crippen molar-refractivity contribution in [3.63, 3.8) is 0 Å². The van der Waals surface area contributed by atoms with Crippen LogP contribution < -0.4 is 5.73 Å². The van der Waals surface area contributed by atoms with E-state index in [4.69, 9.17) is 5.73 Å². The van der Waals surface area contributed by atoms with E-state index in [1.165, 1.54) is 11.9 Å². The molecule has 1 rings (SSSR count). The van der Waals surface area contributed by atoms with E-state index in [9.17, 15) is 21.6 Å². The van der Waals surface area contributed by atoms with Gasteiger partial charge in [0, 0.05) is 12.6 Å². The van der Waals surface area contributed by atoms with Crippen LogP contribution in [0.25, 0.3) is 0 Å². The van der Waals surface area contributed by atoms with E-state index in [2.05, 4.69) is 12.2 Å². The van der Waals surface area contributed by atoms with Gasteiger partial charge in [0.05, 0.1) is 16.5 Å². The molecule has 0 saturated carbocycles. The van der Waals surface area contributed by atoms with Crippen LogP contribution in [0.3, 0.4) is 0 Å². The van der Waals surface area contributed by atoms with Crippen molar-refractivity contribution in [3.05, 3.63) is 0 Å². The Morgan fingerprint density at radius 1 is 1.56 bits per heavy atom. The van der Waals surface area contributed by atoms with Gasteiger partial charge in [0.1, 0.15) is 5.92 Å². The molecule has 1 aliphatic rings. The van der Waals surface area contributed by atoms with Crippen molar-refractivity contribution in [2.45, 2.75) is 18.6 Å². The molecule has 1 saturated heterocycles. The zero-order valence-corrected chi connectivity index (χ0v) is 11.4.